The van der Waals surface area contributed by atoms with Gasteiger partial charge >= 0.3 is 0 Å². The van der Waals surface area contributed by atoms with Crippen molar-refractivity contribution in [3.05, 3.63) is 57.8 Å². The van der Waals surface area contributed by atoms with E-state index in [2.05, 4.69) is 19.2 Å². The van der Waals surface area contributed by atoms with E-state index in [-0.39, 0.29) is 5.78 Å². The molecule has 2 aromatic rings. The number of hydrogen-bond acceptors (Lipinski definition) is 2. The van der Waals surface area contributed by atoms with Crippen LogP contribution in [0.1, 0.15) is 47.0 Å². The Hall–Kier alpha value is -1.41. The monoisotopic (exact) mass is 244 g/mol. The van der Waals surface area contributed by atoms with Crippen LogP contribution in [-0.2, 0) is 0 Å². The quantitative estimate of drug-likeness (QED) is 0.724. The molecule has 0 fully saturated rings. The van der Waals surface area contributed by atoms with Crippen LogP contribution in [0, 0.1) is 0 Å². The van der Waals surface area contributed by atoms with Gasteiger partial charge in [0.25, 0.3) is 0 Å². The topological polar surface area (TPSA) is 17.1 Å². The van der Waals surface area contributed by atoms with Gasteiger partial charge in [-0.05, 0) is 29.3 Å². The van der Waals surface area contributed by atoms with Crippen molar-refractivity contribution in [3.8, 4) is 0 Å². The van der Waals surface area contributed by atoms with E-state index in [9.17, 15) is 4.79 Å². The predicted molar refractivity (Wildman–Crippen MR) is 72.9 cm³/mol. The van der Waals surface area contributed by atoms with Crippen LogP contribution in [-0.4, -0.2) is 5.78 Å². The van der Waals surface area contributed by atoms with Gasteiger partial charge in [-0.25, -0.2) is 0 Å². The molecule has 2 heteroatoms. The molecule has 0 radical (unpaired) electrons. The highest BCUT2D eigenvalue weighted by Gasteiger charge is 2.13. The lowest BCUT2D eigenvalue weighted by Crippen LogP contribution is -1.98. The molecule has 1 aromatic carbocycles. The maximum absolute atomic E-state index is 12.2. The van der Waals surface area contributed by atoms with Crippen molar-refractivity contribution in [2.24, 2.45) is 0 Å². The van der Waals surface area contributed by atoms with Gasteiger partial charge in [0, 0.05) is 5.56 Å². The molecule has 0 spiro atoms. The normalized spacial score (nSPS) is 12.4. The Bertz CT molecular complexity index is 499. The van der Waals surface area contributed by atoms with Gasteiger partial charge in [-0.15, -0.1) is 11.3 Å². The minimum Gasteiger partial charge on any atom is -0.288 e. The number of carbonyl (C=O) groups excluding carboxylic acids is 1. The van der Waals surface area contributed by atoms with Gasteiger partial charge in [-0.3, -0.25) is 4.79 Å². The SMILES string of the molecule is CCC(C)c1csc(C(=O)c2ccccc2)c1. The molecule has 1 unspecified atom stereocenters. The van der Waals surface area contributed by atoms with Crippen molar-refractivity contribution in [1.29, 1.82) is 0 Å². The summed E-state index contributed by atoms with van der Waals surface area (Å²) in [6.45, 7) is 4.36. The first-order valence-electron chi connectivity index (χ1n) is 5.90. The first-order chi connectivity index (χ1) is 8.22. The van der Waals surface area contributed by atoms with Crippen molar-refractivity contribution in [1.82, 2.24) is 0 Å². The summed E-state index contributed by atoms with van der Waals surface area (Å²) in [5.74, 6) is 0.661. The van der Waals surface area contributed by atoms with E-state index >= 15 is 0 Å². The average molecular weight is 244 g/mol. The highest BCUT2D eigenvalue weighted by atomic mass is 32.1. The van der Waals surface area contributed by atoms with Crippen LogP contribution in [0.2, 0.25) is 0 Å². The third kappa shape index (κ3) is 2.64. The molecule has 0 aliphatic heterocycles. The molecule has 0 aliphatic rings. The molecule has 0 saturated carbocycles. The second kappa shape index (κ2) is 5.28. The highest BCUT2D eigenvalue weighted by molar-refractivity contribution is 7.12. The van der Waals surface area contributed by atoms with Crippen LogP contribution in [0.5, 0.6) is 0 Å². The lowest BCUT2D eigenvalue weighted by molar-refractivity contribution is 0.104. The van der Waals surface area contributed by atoms with E-state index in [1.165, 1.54) is 5.56 Å². The Morgan fingerprint density at radius 2 is 2.00 bits per heavy atom. The molecule has 1 aromatic heterocycles. The van der Waals surface area contributed by atoms with Crippen LogP contribution in [0.15, 0.2) is 41.8 Å². The number of thiophene rings is 1. The van der Waals surface area contributed by atoms with E-state index < -0.39 is 0 Å². The molecular formula is C15H16OS. The predicted octanol–water partition coefficient (Wildman–Crippen LogP) is 4.49. The summed E-state index contributed by atoms with van der Waals surface area (Å²) in [6.07, 6.45) is 1.11. The number of ketones is 1. The third-order valence-corrected chi connectivity index (χ3v) is 4.01. The summed E-state index contributed by atoms with van der Waals surface area (Å²) in [7, 11) is 0. The van der Waals surface area contributed by atoms with E-state index in [0.717, 1.165) is 16.9 Å². The smallest absolute Gasteiger partial charge is 0.202 e. The number of hydrogen-bond donors (Lipinski definition) is 0. The molecule has 17 heavy (non-hydrogen) atoms. The van der Waals surface area contributed by atoms with Crippen molar-refractivity contribution < 1.29 is 4.79 Å². The molecule has 2 rings (SSSR count). The van der Waals surface area contributed by atoms with E-state index in [1.54, 1.807) is 11.3 Å². The maximum Gasteiger partial charge on any atom is 0.202 e. The maximum atomic E-state index is 12.2. The van der Waals surface area contributed by atoms with E-state index in [1.807, 2.05) is 36.4 Å². The van der Waals surface area contributed by atoms with Gasteiger partial charge in [0.15, 0.2) is 0 Å². The molecule has 1 atom stereocenters. The zero-order valence-electron chi connectivity index (χ0n) is 10.1. The number of carbonyl (C=O) groups is 1. The largest absolute Gasteiger partial charge is 0.288 e. The standard InChI is InChI=1S/C15H16OS/c1-3-11(2)13-9-14(17-10-13)15(16)12-7-5-4-6-8-12/h4-11H,3H2,1-2H3. The van der Waals surface area contributed by atoms with Crippen LogP contribution in [0.3, 0.4) is 0 Å². The van der Waals surface area contributed by atoms with Crippen LogP contribution < -0.4 is 0 Å². The molecular weight excluding hydrogens is 228 g/mol. The lowest BCUT2D eigenvalue weighted by atomic mass is 10.0. The zero-order chi connectivity index (χ0) is 12.3. The summed E-state index contributed by atoms with van der Waals surface area (Å²) in [5, 5.41) is 2.10. The van der Waals surface area contributed by atoms with Crippen molar-refractivity contribution in [2.45, 2.75) is 26.2 Å². The number of benzene rings is 1. The second-order valence-corrected chi connectivity index (χ2v) is 5.16. The van der Waals surface area contributed by atoms with E-state index in [4.69, 9.17) is 0 Å². The van der Waals surface area contributed by atoms with Gasteiger partial charge < -0.3 is 0 Å². The summed E-state index contributed by atoms with van der Waals surface area (Å²) >= 11 is 1.55. The van der Waals surface area contributed by atoms with Gasteiger partial charge in [0.2, 0.25) is 5.78 Å². The molecule has 0 aliphatic carbocycles. The third-order valence-electron chi connectivity index (χ3n) is 3.06. The Morgan fingerprint density at radius 1 is 1.29 bits per heavy atom. The van der Waals surface area contributed by atoms with Crippen LogP contribution in [0.4, 0.5) is 0 Å². The summed E-state index contributed by atoms with van der Waals surface area (Å²) < 4.78 is 0. The second-order valence-electron chi connectivity index (χ2n) is 4.25. The van der Waals surface area contributed by atoms with Gasteiger partial charge in [-0.2, -0.15) is 0 Å². The fourth-order valence-electron chi connectivity index (χ4n) is 1.70. The molecule has 88 valence electrons. The van der Waals surface area contributed by atoms with Gasteiger partial charge in [-0.1, -0.05) is 44.2 Å². The van der Waals surface area contributed by atoms with Crippen molar-refractivity contribution >= 4 is 17.1 Å². The average Bonchev–Trinajstić information content (AvgIpc) is 2.87. The minimum atomic E-state index is 0.130. The zero-order valence-corrected chi connectivity index (χ0v) is 11.0. The molecule has 0 saturated heterocycles. The first-order valence-corrected chi connectivity index (χ1v) is 6.78. The molecule has 0 bridgehead atoms. The molecule has 0 amide bonds. The van der Waals surface area contributed by atoms with E-state index in [0.29, 0.717) is 5.92 Å². The van der Waals surface area contributed by atoms with Gasteiger partial charge in [0.05, 0.1) is 4.88 Å². The molecule has 1 heterocycles. The Kier molecular flexibility index (Phi) is 3.75. The van der Waals surface area contributed by atoms with Gasteiger partial charge in [0.1, 0.15) is 0 Å². The van der Waals surface area contributed by atoms with Crippen LogP contribution >= 0.6 is 11.3 Å². The number of rotatable bonds is 4. The molecule has 0 N–H and O–H groups in total. The first kappa shape index (κ1) is 12.1. The lowest BCUT2D eigenvalue weighted by Gasteiger charge is -2.03. The summed E-state index contributed by atoms with van der Waals surface area (Å²) in [4.78, 5) is 13.0. The minimum absolute atomic E-state index is 0.130. The molecule has 1 nitrogen and oxygen atoms in total. The van der Waals surface area contributed by atoms with Crippen molar-refractivity contribution in [3.63, 3.8) is 0 Å². The Balaban J connectivity index is 2.24. The highest BCUT2D eigenvalue weighted by Crippen LogP contribution is 2.26. The fraction of sp³-hybridized carbons (Fsp3) is 0.267. The van der Waals surface area contributed by atoms with Crippen molar-refractivity contribution in [2.75, 3.05) is 0 Å². The Morgan fingerprint density at radius 3 is 2.65 bits per heavy atom. The van der Waals surface area contributed by atoms with Crippen LogP contribution in [0.25, 0.3) is 0 Å². The summed E-state index contributed by atoms with van der Waals surface area (Å²) in [5.41, 5.74) is 2.04. The Labute approximate surface area is 106 Å². The fourth-order valence-corrected chi connectivity index (χ4v) is 2.69. The summed E-state index contributed by atoms with van der Waals surface area (Å²) in [6, 6.07) is 11.5.